The molecule has 5 nitrogen and oxygen atoms in total. The van der Waals surface area contributed by atoms with Gasteiger partial charge in [0, 0.05) is 19.2 Å². The van der Waals surface area contributed by atoms with Crippen molar-refractivity contribution in [2.75, 3.05) is 6.54 Å². The Morgan fingerprint density at radius 3 is 3.08 bits per heavy atom. The fourth-order valence-electron chi connectivity index (χ4n) is 1.34. The lowest BCUT2D eigenvalue weighted by molar-refractivity contribution is -0.129. The van der Waals surface area contributed by atoms with E-state index in [1.54, 1.807) is 22.0 Å². The Hall–Kier alpha value is -1.39. The van der Waals surface area contributed by atoms with E-state index in [2.05, 4.69) is 10.3 Å². The van der Waals surface area contributed by atoms with Crippen molar-refractivity contribution in [3.05, 3.63) is 12.4 Å². The fourth-order valence-corrected chi connectivity index (χ4v) is 1.34. The molecule has 1 amide bonds. The summed E-state index contributed by atoms with van der Waals surface area (Å²) in [5.74, 6) is 0.213. The van der Waals surface area contributed by atoms with E-state index in [0.717, 1.165) is 13.0 Å². The summed E-state index contributed by atoms with van der Waals surface area (Å²) in [6, 6.07) is 0. The first kappa shape index (κ1) is 7.27. The topological polar surface area (TPSA) is 51.0 Å². The Morgan fingerprint density at radius 1 is 1.58 bits per heavy atom. The minimum atomic E-state index is 0.213. The van der Waals surface area contributed by atoms with E-state index in [-0.39, 0.29) is 5.91 Å². The van der Waals surface area contributed by atoms with Crippen molar-refractivity contribution in [1.82, 2.24) is 19.9 Å². The number of likely N-dealkylation sites (tertiary alicyclic amines) is 1. The molecule has 64 valence electrons. The average molecular weight is 166 g/mol. The molecular formula is C7H10N4O. The molecule has 1 aromatic heterocycles. The normalized spacial score (nSPS) is 17.3. The number of rotatable bonds is 2. The molecule has 0 N–H and O–H groups in total. The molecule has 0 aliphatic carbocycles. The quantitative estimate of drug-likeness (QED) is 0.614. The standard InChI is InChI=1S/C7H10N4O/c12-7-2-1-4-10(7)6-11-5-3-8-9-11/h3,5H,1-2,4,6H2. The van der Waals surface area contributed by atoms with Crippen LogP contribution in [0, 0.1) is 0 Å². The van der Waals surface area contributed by atoms with Gasteiger partial charge in [-0.25, -0.2) is 4.68 Å². The first-order valence-corrected chi connectivity index (χ1v) is 3.98. The highest BCUT2D eigenvalue weighted by Crippen LogP contribution is 2.09. The maximum absolute atomic E-state index is 11.2. The van der Waals surface area contributed by atoms with Gasteiger partial charge in [0.1, 0.15) is 6.67 Å². The highest BCUT2D eigenvalue weighted by molar-refractivity contribution is 5.77. The van der Waals surface area contributed by atoms with E-state index in [1.807, 2.05) is 0 Å². The maximum atomic E-state index is 11.2. The summed E-state index contributed by atoms with van der Waals surface area (Å²) in [5.41, 5.74) is 0. The molecule has 1 fully saturated rings. The Morgan fingerprint density at radius 2 is 2.50 bits per heavy atom. The van der Waals surface area contributed by atoms with E-state index < -0.39 is 0 Å². The monoisotopic (exact) mass is 166 g/mol. The summed E-state index contributed by atoms with van der Waals surface area (Å²) in [7, 11) is 0. The highest BCUT2D eigenvalue weighted by Gasteiger charge is 2.19. The van der Waals surface area contributed by atoms with Crippen molar-refractivity contribution in [2.24, 2.45) is 0 Å². The van der Waals surface area contributed by atoms with Crippen LogP contribution in [-0.4, -0.2) is 32.3 Å². The first-order valence-electron chi connectivity index (χ1n) is 3.98. The number of hydrogen-bond donors (Lipinski definition) is 0. The van der Waals surface area contributed by atoms with Crippen molar-refractivity contribution < 1.29 is 4.79 Å². The van der Waals surface area contributed by atoms with Gasteiger partial charge in [0.05, 0.1) is 6.20 Å². The number of carbonyl (C=O) groups excluding carboxylic acids is 1. The summed E-state index contributed by atoms with van der Waals surface area (Å²) < 4.78 is 1.66. The predicted octanol–water partition coefficient (Wildman–Crippen LogP) is -0.142. The Labute approximate surface area is 70.0 Å². The summed E-state index contributed by atoms with van der Waals surface area (Å²) >= 11 is 0. The van der Waals surface area contributed by atoms with Crippen LogP contribution in [0.5, 0.6) is 0 Å². The molecule has 1 aliphatic heterocycles. The van der Waals surface area contributed by atoms with Crippen LogP contribution in [0.1, 0.15) is 12.8 Å². The highest BCUT2D eigenvalue weighted by atomic mass is 16.2. The zero-order chi connectivity index (χ0) is 8.39. The number of amides is 1. The lowest BCUT2D eigenvalue weighted by Crippen LogP contribution is -2.27. The van der Waals surface area contributed by atoms with Gasteiger partial charge >= 0.3 is 0 Å². The second kappa shape index (κ2) is 2.92. The van der Waals surface area contributed by atoms with Gasteiger partial charge in [0.2, 0.25) is 5.91 Å². The summed E-state index contributed by atoms with van der Waals surface area (Å²) in [4.78, 5) is 13.0. The van der Waals surface area contributed by atoms with E-state index in [9.17, 15) is 4.79 Å². The average Bonchev–Trinajstić information content (AvgIpc) is 2.65. The van der Waals surface area contributed by atoms with Crippen molar-refractivity contribution in [1.29, 1.82) is 0 Å². The Bertz CT molecular complexity index is 269. The number of carbonyl (C=O) groups is 1. The van der Waals surface area contributed by atoms with Crippen LogP contribution in [0.25, 0.3) is 0 Å². The smallest absolute Gasteiger partial charge is 0.224 e. The first-order chi connectivity index (χ1) is 5.86. The molecule has 0 atom stereocenters. The van der Waals surface area contributed by atoms with Crippen LogP contribution in [0.3, 0.4) is 0 Å². The summed E-state index contributed by atoms with van der Waals surface area (Å²) in [5, 5.41) is 7.45. The number of hydrogen-bond acceptors (Lipinski definition) is 3. The van der Waals surface area contributed by atoms with Crippen LogP contribution >= 0.6 is 0 Å². The lowest BCUT2D eigenvalue weighted by atomic mass is 10.4. The van der Waals surface area contributed by atoms with E-state index in [4.69, 9.17) is 0 Å². The third kappa shape index (κ3) is 1.30. The molecule has 0 spiro atoms. The molecule has 0 bridgehead atoms. The molecule has 0 radical (unpaired) electrons. The number of nitrogens with zero attached hydrogens (tertiary/aromatic N) is 4. The van der Waals surface area contributed by atoms with Gasteiger partial charge < -0.3 is 4.90 Å². The minimum Gasteiger partial charge on any atom is -0.323 e. The molecule has 0 saturated carbocycles. The lowest BCUT2D eigenvalue weighted by Gasteiger charge is -2.13. The molecule has 5 heteroatoms. The third-order valence-corrected chi connectivity index (χ3v) is 1.96. The van der Waals surface area contributed by atoms with E-state index in [0.29, 0.717) is 13.1 Å². The van der Waals surface area contributed by atoms with Crippen molar-refractivity contribution in [3.8, 4) is 0 Å². The molecule has 2 rings (SSSR count). The van der Waals surface area contributed by atoms with Crippen molar-refractivity contribution in [2.45, 2.75) is 19.5 Å². The van der Waals surface area contributed by atoms with Crippen LogP contribution in [0.2, 0.25) is 0 Å². The summed E-state index contributed by atoms with van der Waals surface area (Å²) in [6.07, 6.45) is 5.01. The molecule has 1 saturated heterocycles. The maximum Gasteiger partial charge on any atom is 0.224 e. The molecule has 1 aliphatic rings. The Kier molecular flexibility index (Phi) is 1.77. The molecule has 2 heterocycles. The molecule has 0 aromatic carbocycles. The van der Waals surface area contributed by atoms with Gasteiger partial charge in [-0.2, -0.15) is 0 Å². The van der Waals surface area contributed by atoms with Crippen molar-refractivity contribution >= 4 is 5.91 Å². The minimum absolute atomic E-state index is 0.213. The van der Waals surface area contributed by atoms with Gasteiger partial charge in [-0.15, -0.1) is 5.10 Å². The molecule has 1 aromatic rings. The van der Waals surface area contributed by atoms with Gasteiger partial charge in [0.15, 0.2) is 0 Å². The van der Waals surface area contributed by atoms with Gasteiger partial charge in [-0.1, -0.05) is 5.21 Å². The van der Waals surface area contributed by atoms with Crippen LogP contribution in [0.4, 0.5) is 0 Å². The molecule has 0 unspecified atom stereocenters. The molecular weight excluding hydrogens is 156 g/mol. The van der Waals surface area contributed by atoms with Gasteiger partial charge in [0.25, 0.3) is 0 Å². The third-order valence-electron chi connectivity index (χ3n) is 1.96. The van der Waals surface area contributed by atoms with Crippen LogP contribution < -0.4 is 0 Å². The predicted molar refractivity (Wildman–Crippen MR) is 41.0 cm³/mol. The van der Waals surface area contributed by atoms with Gasteiger partial charge in [-0.3, -0.25) is 4.79 Å². The zero-order valence-corrected chi connectivity index (χ0v) is 6.68. The fraction of sp³-hybridized carbons (Fsp3) is 0.571. The van der Waals surface area contributed by atoms with E-state index >= 15 is 0 Å². The van der Waals surface area contributed by atoms with Crippen LogP contribution in [-0.2, 0) is 11.5 Å². The van der Waals surface area contributed by atoms with Gasteiger partial charge in [-0.05, 0) is 6.42 Å². The summed E-state index contributed by atoms with van der Waals surface area (Å²) in [6.45, 7) is 1.39. The largest absolute Gasteiger partial charge is 0.323 e. The number of aromatic nitrogens is 3. The van der Waals surface area contributed by atoms with Crippen molar-refractivity contribution in [3.63, 3.8) is 0 Å². The molecule has 12 heavy (non-hydrogen) atoms. The van der Waals surface area contributed by atoms with E-state index in [1.165, 1.54) is 0 Å². The Balaban J connectivity index is 1.99. The SMILES string of the molecule is O=C1CCCN1Cn1ccnn1. The van der Waals surface area contributed by atoms with Crippen LogP contribution in [0.15, 0.2) is 12.4 Å². The second-order valence-corrected chi connectivity index (χ2v) is 2.84. The zero-order valence-electron chi connectivity index (χ0n) is 6.68. The second-order valence-electron chi connectivity index (χ2n) is 2.84.